The Bertz CT molecular complexity index is 510. The molecule has 1 aromatic heterocycles. The molecule has 1 aromatic rings. The normalized spacial score (nSPS) is 10.7. The molecule has 0 radical (unpaired) electrons. The highest BCUT2D eigenvalue weighted by Crippen LogP contribution is 2.20. The number of anilines is 1. The molecule has 0 saturated heterocycles. The Morgan fingerprint density at radius 2 is 2.20 bits per heavy atom. The summed E-state index contributed by atoms with van der Waals surface area (Å²) in [7, 11) is -3.68. The quantitative estimate of drug-likeness (QED) is 0.880. The average Bonchev–Trinajstić information content (AvgIpc) is 2.09. The molecular weight excluding hydrogens is 352 g/mol. The second kappa shape index (κ2) is 4.87. The van der Waals surface area contributed by atoms with Gasteiger partial charge in [0.25, 0.3) is 0 Å². The largest absolute Gasteiger partial charge is 0.264 e. The molecule has 1 rings (SSSR count). The van der Waals surface area contributed by atoms with Crippen molar-refractivity contribution in [2.45, 2.75) is 0 Å². The third-order valence-electron chi connectivity index (χ3n) is 1.21. The van der Waals surface area contributed by atoms with Gasteiger partial charge in [-0.3, -0.25) is 4.72 Å². The van der Waals surface area contributed by atoms with E-state index in [1.54, 1.807) is 0 Å². The first-order valence-corrected chi connectivity index (χ1v) is 6.74. The standard InChI is InChI=1S/C6H4Br2N4O2S/c7-4-3-10-6(5(8)11-4)12-15(13,14)2-1-9/h3H,2H2,(H,10,12). The van der Waals surface area contributed by atoms with Crippen LogP contribution in [0.2, 0.25) is 0 Å². The number of aromatic nitrogens is 2. The van der Waals surface area contributed by atoms with Gasteiger partial charge in [-0.05, 0) is 31.9 Å². The van der Waals surface area contributed by atoms with Crippen molar-refractivity contribution in [3.63, 3.8) is 0 Å². The van der Waals surface area contributed by atoms with Crippen LogP contribution in [-0.2, 0) is 10.0 Å². The Hall–Kier alpha value is -0.720. The summed E-state index contributed by atoms with van der Waals surface area (Å²) >= 11 is 6.11. The van der Waals surface area contributed by atoms with Gasteiger partial charge in [0.15, 0.2) is 16.2 Å². The summed E-state index contributed by atoms with van der Waals surface area (Å²) in [5.74, 6) is -0.578. The second-order valence-corrected chi connectivity index (χ2v) is 5.64. The van der Waals surface area contributed by atoms with Gasteiger partial charge in [0, 0.05) is 0 Å². The number of rotatable bonds is 3. The molecule has 0 bridgehead atoms. The Morgan fingerprint density at radius 1 is 1.53 bits per heavy atom. The zero-order chi connectivity index (χ0) is 11.5. The predicted octanol–water partition coefficient (Wildman–Crippen LogP) is 1.27. The molecule has 0 saturated carbocycles. The van der Waals surface area contributed by atoms with E-state index in [-0.39, 0.29) is 10.4 Å². The number of halogens is 2. The van der Waals surface area contributed by atoms with Gasteiger partial charge in [-0.1, -0.05) is 0 Å². The van der Waals surface area contributed by atoms with E-state index in [4.69, 9.17) is 5.26 Å². The number of nitriles is 1. The highest BCUT2D eigenvalue weighted by atomic mass is 79.9. The maximum absolute atomic E-state index is 11.2. The summed E-state index contributed by atoms with van der Waals surface area (Å²) < 4.78 is 25.2. The second-order valence-electron chi connectivity index (χ2n) is 2.35. The van der Waals surface area contributed by atoms with Gasteiger partial charge in [-0.2, -0.15) is 5.26 Å². The summed E-state index contributed by atoms with van der Waals surface area (Å²) in [4.78, 5) is 7.67. The van der Waals surface area contributed by atoms with Crippen LogP contribution in [0.4, 0.5) is 5.82 Å². The topological polar surface area (TPSA) is 95.7 Å². The third kappa shape index (κ3) is 3.73. The number of hydrogen-bond acceptors (Lipinski definition) is 5. The molecule has 0 aliphatic heterocycles. The minimum Gasteiger partial charge on any atom is -0.264 e. The third-order valence-corrected chi connectivity index (χ3v) is 3.16. The van der Waals surface area contributed by atoms with Crippen molar-refractivity contribution in [2.24, 2.45) is 0 Å². The fourth-order valence-electron chi connectivity index (χ4n) is 0.683. The first-order chi connectivity index (χ1) is 6.94. The van der Waals surface area contributed by atoms with E-state index in [9.17, 15) is 8.42 Å². The fourth-order valence-corrected chi connectivity index (χ4v) is 2.41. The summed E-state index contributed by atoms with van der Waals surface area (Å²) in [6.45, 7) is 0. The lowest BCUT2D eigenvalue weighted by atomic mass is 10.7. The number of nitrogens with one attached hydrogen (secondary N) is 1. The van der Waals surface area contributed by atoms with E-state index < -0.39 is 15.8 Å². The summed E-state index contributed by atoms with van der Waals surface area (Å²) in [6.07, 6.45) is 1.34. The zero-order valence-corrected chi connectivity index (χ0v) is 11.1. The van der Waals surface area contributed by atoms with Gasteiger partial charge in [-0.25, -0.2) is 18.4 Å². The Kier molecular flexibility index (Phi) is 4.01. The molecule has 0 aliphatic rings. The molecule has 0 amide bonds. The van der Waals surface area contributed by atoms with Crippen LogP contribution in [0.3, 0.4) is 0 Å². The highest BCUT2D eigenvalue weighted by molar-refractivity contribution is 9.11. The first kappa shape index (κ1) is 12.4. The molecule has 0 fully saturated rings. The van der Waals surface area contributed by atoms with E-state index in [2.05, 4.69) is 46.5 Å². The number of sulfonamides is 1. The Labute approximate surface area is 103 Å². The zero-order valence-electron chi connectivity index (χ0n) is 7.11. The summed E-state index contributed by atoms with van der Waals surface area (Å²) in [5.41, 5.74) is 0. The molecule has 0 aliphatic carbocycles. The molecule has 6 nitrogen and oxygen atoms in total. The predicted molar refractivity (Wildman–Crippen MR) is 60.5 cm³/mol. The smallest absolute Gasteiger partial charge is 0.247 e. The SMILES string of the molecule is N#CCS(=O)(=O)Nc1ncc(Br)nc1Br. The van der Waals surface area contributed by atoms with Gasteiger partial charge in [0.1, 0.15) is 4.60 Å². The minimum atomic E-state index is -3.68. The van der Waals surface area contributed by atoms with Gasteiger partial charge >= 0.3 is 0 Å². The van der Waals surface area contributed by atoms with Crippen molar-refractivity contribution in [1.82, 2.24) is 9.97 Å². The van der Waals surface area contributed by atoms with E-state index in [1.165, 1.54) is 12.3 Å². The van der Waals surface area contributed by atoms with Gasteiger partial charge < -0.3 is 0 Å². The van der Waals surface area contributed by atoms with Gasteiger partial charge in [0.2, 0.25) is 10.0 Å². The van der Waals surface area contributed by atoms with Crippen LogP contribution >= 0.6 is 31.9 Å². The lowest BCUT2D eigenvalue weighted by Gasteiger charge is -2.05. The molecule has 9 heteroatoms. The molecule has 0 unspecified atom stereocenters. The van der Waals surface area contributed by atoms with Crippen LogP contribution < -0.4 is 4.72 Å². The van der Waals surface area contributed by atoms with Crippen molar-refractivity contribution >= 4 is 47.7 Å². The van der Waals surface area contributed by atoms with Gasteiger partial charge in [-0.15, -0.1) is 0 Å². The average molecular weight is 356 g/mol. The van der Waals surface area contributed by atoms with Crippen molar-refractivity contribution in [3.8, 4) is 6.07 Å². The number of hydrogen-bond donors (Lipinski definition) is 1. The maximum atomic E-state index is 11.2. The monoisotopic (exact) mass is 354 g/mol. The molecule has 0 atom stereocenters. The molecule has 0 spiro atoms. The Morgan fingerprint density at radius 3 is 2.73 bits per heavy atom. The fraction of sp³-hybridized carbons (Fsp3) is 0.167. The summed E-state index contributed by atoms with van der Waals surface area (Å²) in [5, 5.41) is 8.27. The van der Waals surface area contributed by atoms with Crippen LogP contribution in [0.25, 0.3) is 0 Å². The van der Waals surface area contributed by atoms with E-state index in [1.807, 2.05) is 0 Å². The molecule has 80 valence electrons. The number of nitrogens with zero attached hydrogens (tertiary/aromatic N) is 3. The lowest BCUT2D eigenvalue weighted by Crippen LogP contribution is -2.17. The van der Waals surface area contributed by atoms with E-state index in [0.29, 0.717) is 4.60 Å². The van der Waals surface area contributed by atoms with Crippen LogP contribution in [-0.4, -0.2) is 24.1 Å². The van der Waals surface area contributed by atoms with E-state index in [0.717, 1.165) is 0 Å². The minimum absolute atomic E-state index is 0.0495. The van der Waals surface area contributed by atoms with Crippen molar-refractivity contribution in [3.05, 3.63) is 15.4 Å². The van der Waals surface area contributed by atoms with Crippen molar-refractivity contribution < 1.29 is 8.42 Å². The molecule has 0 aromatic carbocycles. The van der Waals surface area contributed by atoms with E-state index >= 15 is 0 Å². The van der Waals surface area contributed by atoms with Gasteiger partial charge in [0.05, 0.1) is 12.3 Å². The lowest BCUT2D eigenvalue weighted by molar-refractivity contribution is 0.604. The molecule has 1 N–H and O–H groups in total. The Balaban J connectivity index is 2.96. The van der Waals surface area contributed by atoms with Crippen LogP contribution in [0.1, 0.15) is 0 Å². The highest BCUT2D eigenvalue weighted by Gasteiger charge is 2.13. The summed E-state index contributed by atoms with van der Waals surface area (Å²) in [6, 6.07) is 1.54. The molecule has 15 heavy (non-hydrogen) atoms. The van der Waals surface area contributed by atoms with Crippen LogP contribution in [0.15, 0.2) is 15.4 Å². The van der Waals surface area contributed by atoms with Crippen molar-refractivity contribution in [1.29, 1.82) is 5.26 Å². The van der Waals surface area contributed by atoms with Crippen LogP contribution in [0.5, 0.6) is 0 Å². The van der Waals surface area contributed by atoms with Crippen LogP contribution in [0, 0.1) is 11.3 Å². The van der Waals surface area contributed by atoms with Crippen molar-refractivity contribution in [2.75, 3.05) is 10.5 Å². The first-order valence-electron chi connectivity index (χ1n) is 3.50. The molecular formula is C6H4Br2N4O2S. The maximum Gasteiger partial charge on any atom is 0.247 e. The molecule has 1 heterocycles.